The molecule has 2 aromatic carbocycles. The second kappa shape index (κ2) is 9.22. The molecule has 0 unspecified atom stereocenters. The highest BCUT2D eigenvalue weighted by molar-refractivity contribution is 6.36. The zero-order valence-corrected chi connectivity index (χ0v) is 16.8. The molecule has 1 aliphatic carbocycles. The van der Waals surface area contributed by atoms with Crippen LogP contribution in [-0.2, 0) is 16.1 Å². The van der Waals surface area contributed by atoms with Gasteiger partial charge in [0.2, 0.25) is 0 Å². The van der Waals surface area contributed by atoms with Gasteiger partial charge >= 0.3 is 5.97 Å². The number of halogens is 2. The van der Waals surface area contributed by atoms with Crippen molar-refractivity contribution in [2.75, 3.05) is 13.7 Å². The maximum Gasteiger partial charge on any atom is 0.339 e. The number of carbonyl (C=O) groups is 1. The average Bonchev–Trinajstić information content (AvgIpc) is 3.49. The number of benzene rings is 2. The lowest BCUT2D eigenvalue weighted by Crippen LogP contribution is -2.06. The smallest absolute Gasteiger partial charge is 0.339 e. The second-order valence-corrected chi connectivity index (χ2v) is 7.30. The quantitative estimate of drug-likeness (QED) is 0.430. The van der Waals surface area contributed by atoms with Gasteiger partial charge in [-0.1, -0.05) is 47.5 Å². The monoisotopic (exact) mass is 422 g/mol. The Morgan fingerprint density at radius 2 is 1.82 bits per heavy atom. The fourth-order valence-electron chi connectivity index (χ4n) is 2.64. The maximum absolute atomic E-state index is 11.5. The molecule has 0 radical (unpaired) electrons. The second-order valence-electron chi connectivity index (χ2n) is 6.49. The Labute approximate surface area is 173 Å². The van der Waals surface area contributed by atoms with Crippen molar-refractivity contribution in [1.82, 2.24) is 0 Å². The number of methoxy groups -OCH3 is 1. The molecule has 0 heterocycles. The van der Waals surface area contributed by atoms with Crippen LogP contribution in [0, 0.1) is 5.92 Å². The van der Waals surface area contributed by atoms with Gasteiger partial charge in [0.15, 0.2) is 0 Å². The van der Waals surface area contributed by atoms with Gasteiger partial charge in [0.25, 0.3) is 0 Å². The van der Waals surface area contributed by atoms with Crippen molar-refractivity contribution in [3.05, 3.63) is 63.8 Å². The number of carboxylic acids is 1. The summed E-state index contributed by atoms with van der Waals surface area (Å²) in [6, 6.07) is 10.3. The molecule has 1 aliphatic rings. The molecule has 0 spiro atoms. The Kier molecular flexibility index (Phi) is 6.70. The Balaban J connectivity index is 1.79. The molecule has 148 valence electrons. The molecule has 0 amide bonds. The van der Waals surface area contributed by atoms with Crippen LogP contribution < -0.4 is 9.47 Å². The van der Waals surface area contributed by atoms with Gasteiger partial charge in [-0.15, -0.1) is 0 Å². The van der Waals surface area contributed by atoms with Crippen LogP contribution in [0.15, 0.2) is 42.7 Å². The molecular weight excluding hydrogens is 403 g/mol. The molecule has 7 heteroatoms. The van der Waals surface area contributed by atoms with E-state index in [1.54, 1.807) is 30.3 Å². The minimum absolute atomic E-state index is 0.0392. The standard InChI is InChI=1S/C21H20Cl2O5/c1-26-12-16(21(24)25)15-5-3-2-4-14(15)11-28-20-9-19(17(22)8-18(20)23)27-10-13-6-7-13/h2-5,8-9,12-13H,6-7,10-11H2,1H3,(H,24,25)/b16-12+. The van der Waals surface area contributed by atoms with Crippen molar-refractivity contribution in [3.63, 3.8) is 0 Å². The Morgan fingerprint density at radius 1 is 1.14 bits per heavy atom. The number of hydrogen-bond donors (Lipinski definition) is 1. The predicted octanol–water partition coefficient (Wildman–Crippen LogP) is 5.43. The van der Waals surface area contributed by atoms with E-state index in [1.165, 1.54) is 26.2 Å². The third kappa shape index (κ3) is 5.12. The van der Waals surface area contributed by atoms with Gasteiger partial charge < -0.3 is 19.3 Å². The largest absolute Gasteiger partial charge is 0.503 e. The summed E-state index contributed by atoms with van der Waals surface area (Å²) >= 11 is 12.5. The minimum Gasteiger partial charge on any atom is -0.503 e. The van der Waals surface area contributed by atoms with Crippen LogP contribution in [0.2, 0.25) is 10.0 Å². The number of ether oxygens (including phenoxy) is 3. The molecule has 0 aromatic heterocycles. The van der Waals surface area contributed by atoms with Crippen LogP contribution in [0.1, 0.15) is 24.0 Å². The molecule has 1 fully saturated rings. The fraction of sp³-hybridized carbons (Fsp3) is 0.286. The van der Waals surface area contributed by atoms with Crippen LogP contribution >= 0.6 is 23.2 Å². The molecule has 1 N–H and O–H groups in total. The van der Waals surface area contributed by atoms with Gasteiger partial charge in [-0.25, -0.2) is 4.79 Å². The van der Waals surface area contributed by atoms with Crippen LogP contribution in [0.3, 0.4) is 0 Å². The predicted molar refractivity (Wildman–Crippen MR) is 108 cm³/mol. The highest BCUT2D eigenvalue weighted by Gasteiger charge is 2.23. The Bertz CT molecular complexity index is 890. The van der Waals surface area contributed by atoms with E-state index in [4.69, 9.17) is 37.4 Å². The first-order valence-corrected chi connectivity index (χ1v) is 9.54. The summed E-state index contributed by atoms with van der Waals surface area (Å²) in [6.07, 6.45) is 3.54. The average molecular weight is 423 g/mol. The van der Waals surface area contributed by atoms with E-state index in [2.05, 4.69) is 0 Å². The summed E-state index contributed by atoms with van der Waals surface area (Å²) in [5.41, 5.74) is 1.23. The van der Waals surface area contributed by atoms with Gasteiger partial charge in [-0.3, -0.25) is 0 Å². The first-order chi connectivity index (χ1) is 13.5. The highest BCUT2D eigenvalue weighted by atomic mass is 35.5. The topological polar surface area (TPSA) is 65.0 Å². The van der Waals surface area contributed by atoms with E-state index < -0.39 is 5.97 Å². The zero-order valence-electron chi connectivity index (χ0n) is 15.3. The summed E-state index contributed by atoms with van der Waals surface area (Å²) < 4.78 is 16.5. The van der Waals surface area contributed by atoms with Gasteiger partial charge in [-0.05, 0) is 36.0 Å². The minimum atomic E-state index is -1.09. The molecule has 3 rings (SSSR count). The molecule has 0 saturated heterocycles. The Hall–Kier alpha value is -2.37. The number of aliphatic carboxylic acids is 1. The highest BCUT2D eigenvalue weighted by Crippen LogP contribution is 2.38. The van der Waals surface area contributed by atoms with Crippen LogP contribution in [0.4, 0.5) is 0 Å². The van der Waals surface area contributed by atoms with Crippen molar-refractivity contribution >= 4 is 34.7 Å². The summed E-state index contributed by atoms with van der Waals surface area (Å²) in [6.45, 7) is 0.737. The summed E-state index contributed by atoms with van der Waals surface area (Å²) in [7, 11) is 1.40. The third-order valence-electron chi connectivity index (χ3n) is 4.31. The molecule has 0 bridgehead atoms. The molecule has 0 aliphatic heterocycles. The third-order valence-corrected chi connectivity index (χ3v) is 4.91. The normalized spacial score (nSPS) is 13.9. The van der Waals surface area contributed by atoms with Crippen LogP contribution in [0.5, 0.6) is 11.5 Å². The van der Waals surface area contributed by atoms with Crippen LogP contribution in [-0.4, -0.2) is 24.8 Å². The van der Waals surface area contributed by atoms with Gasteiger partial charge in [0.1, 0.15) is 23.7 Å². The zero-order chi connectivity index (χ0) is 20.1. The lowest BCUT2D eigenvalue weighted by molar-refractivity contribution is -0.130. The van der Waals surface area contributed by atoms with Crippen molar-refractivity contribution < 1.29 is 24.1 Å². The molecule has 2 aromatic rings. The lowest BCUT2D eigenvalue weighted by atomic mass is 10.0. The molecule has 0 atom stereocenters. The first-order valence-electron chi connectivity index (χ1n) is 8.78. The molecular formula is C21H20Cl2O5. The number of hydrogen-bond acceptors (Lipinski definition) is 4. The van der Waals surface area contributed by atoms with E-state index in [9.17, 15) is 9.90 Å². The maximum atomic E-state index is 11.5. The van der Waals surface area contributed by atoms with Gasteiger partial charge in [0.05, 0.1) is 30.0 Å². The van der Waals surface area contributed by atoms with Crippen molar-refractivity contribution in [1.29, 1.82) is 0 Å². The molecule has 28 heavy (non-hydrogen) atoms. The number of carboxylic acid groups (broad SMARTS) is 1. The summed E-state index contributed by atoms with van der Waals surface area (Å²) in [5.74, 6) is 0.436. The molecule has 1 saturated carbocycles. The van der Waals surface area contributed by atoms with Crippen molar-refractivity contribution in [3.8, 4) is 11.5 Å². The number of rotatable bonds is 9. The van der Waals surface area contributed by atoms with Gasteiger partial charge in [0, 0.05) is 6.07 Å². The SMILES string of the molecule is CO/C=C(/C(=O)O)c1ccccc1COc1cc(OCC2CC2)c(Cl)cc1Cl. The van der Waals surface area contributed by atoms with E-state index in [-0.39, 0.29) is 12.2 Å². The van der Waals surface area contributed by atoms with E-state index in [1.807, 2.05) is 6.07 Å². The molecule has 5 nitrogen and oxygen atoms in total. The van der Waals surface area contributed by atoms with Crippen molar-refractivity contribution in [2.24, 2.45) is 5.92 Å². The fourth-order valence-corrected chi connectivity index (χ4v) is 3.13. The Morgan fingerprint density at radius 3 is 2.46 bits per heavy atom. The summed E-state index contributed by atoms with van der Waals surface area (Å²) in [4.78, 5) is 11.5. The van der Waals surface area contributed by atoms with E-state index in [0.29, 0.717) is 45.2 Å². The van der Waals surface area contributed by atoms with E-state index in [0.717, 1.165) is 0 Å². The summed E-state index contributed by atoms with van der Waals surface area (Å²) in [5, 5.41) is 10.2. The van der Waals surface area contributed by atoms with Gasteiger partial charge in [-0.2, -0.15) is 0 Å². The lowest BCUT2D eigenvalue weighted by Gasteiger charge is -2.14. The van der Waals surface area contributed by atoms with Crippen molar-refractivity contribution in [2.45, 2.75) is 19.4 Å². The van der Waals surface area contributed by atoms with E-state index >= 15 is 0 Å². The van der Waals surface area contributed by atoms with Crippen LogP contribution in [0.25, 0.3) is 5.57 Å². The first kappa shape index (κ1) is 20.4.